The van der Waals surface area contributed by atoms with Gasteiger partial charge in [0.25, 0.3) is 0 Å². The summed E-state index contributed by atoms with van der Waals surface area (Å²) in [6, 6.07) is 0.500. The highest BCUT2D eigenvalue weighted by molar-refractivity contribution is 5.38. The third kappa shape index (κ3) is 3.73. The lowest BCUT2D eigenvalue weighted by molar-refractivity contribution is 0.841. The van der Waals surface area contributed by atoms with Crippen LogP contribution in [0.2, 0.25) is 0 Å². The van der Waals surface area contributed by atoms with Crippen LogP contribution in [0.15, 0.2) is 0 Å². The molecule has 0 radical (unpaired) electrons. The highest BCUT2D eigenvalue weighted by atomic mass is 15.2. The molecule has 86 valence electrons. The lowest BCUT2D eigenvalue weighted by Gasteiger charge is -2.11. The molecule has 0 aliphatic rings. The van der Waals surface area contributed by atoms with Gasteiger partial charge in [-0.3, -0.25) is 0 Å². The first-order chi connectivity index (χ1) is 7.51. The van der Waals surface area contributed by atoms with Gasteiger partial charge >= 0.3 is 0 Å². The summed E-state index contributed by atoms with van der Waals surface area (Å²) < 4.78 is 0. The van der Waals surface area contributed by atoms with Gasteiger partial charge in [-0.15, -0.1) is 6.42 Å². The van der Waals surface area contributed by atoms with Crippen molar-refractivity contribution in [3.63, 3.8) is 0 Å². The molecule has 16 heavy (non-hydrogen) atoms. The van der Waals surface area contributed by atoms with Gasteiger partial charge in [-0.25, -0.2) is 0 Å². The maximum atomic E-state index is 5.29. The fraction of sp³-hybridized carbons (Fsp3) is 0.545. The first-order valence-corrected chi connectivity index (χ1v) is 5.27. The van der Waals surface area contributed by atoms with Crippen LogP contribution in [0.25, 0.3) is 0 Å². The Morgan fingerprint density at radius 2 is 1.38 bits per heavy atom. The van der Waals surface area contributed by atoms with E-state index in [4.69, 9.17) is 6.42 Å². The lowest BCUT2D eigenvalue weighted by Crippen LogP contribution is -2.17. The molecule has 0 saturated heterocycles. The van der Waals surface area contributed by atoms with Crippen LogP contribution in [0.4, 0.5) is 11.9 Å². The number of anilines is 2. The van der Waals surface area contributed by atoms with Gasteiger partial charge in [0.1, 0.15) is 0 Å². The molecule has 0 saturated carbocycles. The molecule has 0 aliphatic carbocycles. The maximum Gasteiger partial charge on any atom is 0.228 e. The second-order valence-electron chi connectivity index (χ2n) is 4.05. The zero-order valence-corrected chi connectivity index (χ0v) is 10.1. The number of rotatable bonds is 4. The van der Waals surface area contributed by atoms with Gasteiger partial charge in [-0.05, 0) is 33.6 Å². The van der Waals surface area contributed by atoms with Crippen molar-refractivity contribution in [2.45, 2.75) is 39.8 Å². The summed E-state index contributed by atoms with van der Waals surface area (Å²) in [6.07, 6.45) is 5.29. The van der Waals surface area contributed by atoms with Crippen molar-refractivity contribution in [3.8, 4) is 12.3 Å². The minimum Gasteiger partial charge on any atom is -0.352 e. The van der Waals surface area contributed by atoms with Crippen LogP contribution in [0.3, 0.4) is 0 Å². The van der Waals surface area contributed by atoms with E-state index in [0.717, 1.165) is 0 Å². The predicted molar refractivity (Wildman–Crippen MR) is 65.3 cm³/mol. The molecule has 0 aromatic carbocycles. The molecule has 0 atom stereocenters. The summed E-state index contributed by atoms with van der Waals surface area (Å²) in [5.74, 6) is 3.75. The zero-order chi connectivity index (χ0) is 12.1. The largest absolute Gasteiger partial charge is 0.352 e. The lowest BCUT2D eigenvalue weighted by atomic mass is 10.4. The van der Waals surface area contributed by atoms with Crippen LogP contribution in [0.1, 0.15) is 33.5 Å². The summed E-state index contributed by atoms with van der Waals surface area (Å²) in [5.41, 5.74) is 0. The second-order valence-corrected chi connectivity index (χ2v) is 4.05. The Labute approximate surface area is 96.1 Å². The first-order valence-electron chi connectivity index (χ1n) is 5.27. The van der Waals surface area contributed by atoms with E-state index in [1.54, 1.807) is 0 Å². The van der Waals surface area contributed by atoms with Crippen molar-refractivity contribution in [1.82, 2.24) is 15.0 Å². The Morgan fingerprint density at radius 1 is 0.938 bits per heavy atom. The highest BCUT2D eigenvalue weighted by Gasteiger charge is 2.06. The maximum absolute atomic E-state index is 5.29. The van der Waals surface area contributed by atoms with Gasteiger partial charge in [0.05, 0.1) is 0 Å². The monoisotopic (exact) mass is 219 g/mol. The molecule has 1 aromatic heterocycles. The number of nitrogens with zero attached hydrogens (tertiary/aromatic N) is 3. The quantitative estimate of drug-likeness (QED) is 0.751. The van der Waals surface area contributed by atoms with Crippen LogP contribution in [0.5, 0.6) is 0 Å². The Hall–Kier alpha value is -1.83. The van der Waals surface area contributed by atoms with Crippen LogP contribution < -0.4 is 10.6 Å². The van der Waals surface area contributed by atoms with Crippen LogP contribution >= 0.6 is 0 Å². The van der Waals surface area contributed by atoms with Gasteiger partial charge in [-0.2, -0.15) is 15.0 Å². The molecule has 1 heterocycles. The molecule has 0 fully saturated rings. The van der Waals surface area contributed by atoms with E-state index in [9.17, 15) is 0 Å². The number of nitrogens with one attached hydrogen (secondary N) is 2. The number of terminal acetylenes is 1. The summed E-state index contributed by atoms with van der Waals surface area (Å²) >= 11 is 0. The summed E-state index contributed by atoms with van der Waals surface area (Å²) in [5, 5.41) is 6.19. The summed E-state index contributed by atoms with van der Waals surface area (Å²) in [7, 11) is 0. The molecular formula is C11H17N5. The Kier molecular flexibility index (Phi) is 4.06. The Morgan fingerprint density at radius 3 is 1.69 bits per heavy atom. The van der Waals surface area contributed by atoms with Gasteiger partial charge in [-0.1, -0.05) is 0 Å². The highest BCUT2D eigenvalue weighted by Crippen LogP contribution is 2.07. The molecule has 1 rings (SSSR count). The van der Waals surface area contributed by atoms with Gasteiger partial charge in [0, 0.05) is 12.1 Å². The molecule has 0 aliphatic heterocycles. The minimum atomic E-state index is 0.250. The fourth-order valence-corrected chi connectivity index (χ4v) is 1.09. The third-order valence-electron chi connectivity index (χ3n) is 1.60. The molecule has 0 unspecified atom stereocenters. The number of aromatic nitrogens is 3. The van der Waals surface area contributed by atoms with E-state index in [1.165, 1.54) is 0 Å². The van der Waals surface area contributed by atoms with E-state index in [0.29, 0.717) is 17.7 Å². The van der Waals surface area contributed by atoms with Crippen LogP contribution in [-0.2, 0) is 0 Å². The molecule has 5 nitrogen and oxygen atoms in total. The zero-order valence-electron chi connectivity index (χ0n) is 10.1. The van der Waals surface area contributed by atoms with E-state index in [1.807, 2.05) is 27.7 Å². The average molecular weight is 219 g/mol. The van der Waals surface area contributed by atoms with E-state index < -0.39 is 0 Å². The van der Waals surface area contributed by atoms with E-state index in [2.05, 4.69) is 31.5 Å². The Balaban J connectivity index is 2.97. The predicted octanol–water partition coefficient (Wildman–Crippen LogP) is 1.49. The van der Waals surface area contributed by atoms with Crippen molar-refractivity contribution in [3.05, 3.63) is 5.82 Å². The second kappa shape index (κ2) is 5.31. The van der Waals surface area contributed by atoms with Crippen molar-refractivity contribution in [1.29, 1.82) is 0 Å². The van der Waals surface area contributed by atoms with Gasteiger partial charge in [0.2, 0.25) is 17.7 Å². The third-order valence-corrected chi connectivity index (χ3v) is 1.60. The molecule has 5 heteroatoms. The normalized spacial score (nSPS) is 10.3. The van der Waals surface area contributed by atoms with E-state index in [-0.39, 0.29) is 12.1 Å². The SMILES string of the molecule is C#Cc1nc(NC(C)C)nc(NC(C)C)n1. The molecule has 0 bridgehead atoms. The first kappa shape index (κ1) is 12.2. The fourth-order valence-electron chi connectivity index (χ4n) is 1.09. The minimum absolute atomic E-state index is 0.250. The van der Waals surface area contributed by atoms with E-state index >= 15 is 0 Å². The molecular weight excluding hydrogens is 202 g/mol. The number of hydrogen-bond donors (Lipinski definition) is 2. The molecule has 0 spiro atoms. The van der Waals surface area contributed by atoms with Crippen molar-refractivity contribution < 1.29 is 0 Å². The molecule has 0 amide bonds. The van der Waals surface area contributed by atoms with Crippen molar-refractivity contribution in [2.75, 3.05) is 10.6 Å². The van der Waals surface area contributed by atoms with Crippen molar-refractivity contribution >= 4 is 11.9 Å². The molecule has 2 N–H and O–H groups in total. The topological polar surface area (TPSA) is 62.7 Å². The molecule has 1 aromatic rings. The number of hydrogen-bond acceptors (Lipinski definition) is 5. The Bertz CT molecular complexity index is 364. The summed E-state index contributed by atoms with van der Waals surface area (Å²) in [6.45, 7) is 8.04. The smallest absolute Gasteiger partial charge is 0.228 e. The average Bonchev–Trinajstić information content (AvgIpc) is 2.14. The standard InChI is InChI=1S/C11H17N5/c1-6-9-14-10(12-7(2)3)16-11(15-9)13-8(4)5/h1,7-8H,2-5H3,(H2,12,13,14,15,16). The summed E-state index contributed by atoms with van der Waals surface area (Å²) in [4.78, 5) is 12.4. The van der Waals surface area contributed by atoms with Gasteiger partial charge < -0.3 is 10.6 Å². The van der Waals surface area contributed by atoms with Crippen LogP contribution in [-0.4, -0.2) is 27.0 Å². The van der Waals surface area contributed by atoms with Crippen molar-refractivity contribution in [2.24, 2.45) is 0 Å². The van der Waals surface area contributed by atoms with Gasteiger partial charge in [0.15, 0.2) is 0 Å². The van der Waals surface area contributed by atoms with Crippen LogP contribution in [0, 0.1) is 12.3 Å².